The van der Waals surface area contributed by atoms with Crippen molar-refractivity contribution in [2.75, 3.05) is 0 Å². The van der Waals surface area contributed by atoms with E-state index in [1.165, 1.54) is 6.92 Å². The van der Waals surface area contributed by atoms with E-state index >= 15 is 0 Å². The highest BCUT2D eigenvalue weighted by atomic mass is 16.5. The van der Waals surface area contributed by atoms with Crippen molar-refractivity contribution in [3.63, 3.8) is 0 Å². The second kappa shape index (κ2) is 4.17. The van der Waals surface area contributed by atoms with E-state index in [1.54, 1.807) is 13.0 Å². The molecule has 0 bridgehead atoms. The zero-order chi connectivity index (χ0) is 11.6. The van der Waals surface area contributed by atoms with Crippen LogP contribution in [0.1, 0.15) is 40.5 Å². The molecule has 0 saturated carbocycles. The number of rotatable bonds is 1. The van der Waals surface area contributed by atoms with E-state index < -0.39 is 0 Å². The van der Waals surface area contributed by atoms with Crippen LogP contribution >= 0.6 is 0 Å². The molecular formula is C12H18O3. The molecule has 1 rings (SSSR count). The van der Waals surface area contributed by atoms with Gasteiger partial charge in [-0.25, -0.2) is 0 Å². The van der Waals surface area contributed by atoms with Crippen LogP contribution in [0.2, 0.25) is 0 Å². The van der Waals surface area contributed by atoms with Crippen LogP contribution in [-0.2, 0) is 14.3 Å². The average Bonchev–Trinajstić information content (AvgIpc) is 2.07. The molecular weight excluding hydrogens is 192 g/mol. The van der Waals surface area contributed by atoms with E-state index in [1.807, 2.05) is 13.8 Å². The van der Waals surface area contributed by atoms with Crippen molar-refractivity contribution in [2.24, 2.45) is 5.41 Å². The summed E-state index contributed by atoms with van der Waals surface area (Å²) in [6, 6.07) is 0. The summed E-state index contributed by atoms with van der Waals surface area (Å²) in [7, 11) is 0. The van der Waals surface area contributed by atoms with Crippen LogP contribution in [0.5, 0.6) is 0 Å². The maximum atomic E-state index is 11.7. The lowest BCUT2D eigenvalue weighted by Crippen LogP contribution is -2.22. The zero-order valence-corrected chi connectivity index (χ0v) is 9.79. The van der Waals surface area contributed by atoms with Crippen molar-refractivity contribution >= 4 is 11.8 Å². The Morgan fingerprint density at radius 3 is 2.67 bits per heavy atom. The molecule has 3 nitrogen and oxygen atoms in total. The number of carbonyl (C=O) groups excluding carboxylic acids is 2. The van der Waals surface area contributed by atoms with Crippen molar-refractivity contribution in [1.82, 2.24) is 0 Å². The summed E-state index contributed by atoms with van der Waals surface area (Å²) in [4.78, 5) is 22.5. The predicted molar refractivity (Wildman–Crippen MR) is 57.3 cm³/mol. The Hall–Kier alpha value is -1.12. The largest absolute Gasteiger partial charge is 0.458 e. The van der Waals surface area contributed by atoms with E-state index in [9.17, 15) is 9.59 Å². The number of ether oxygens (including phenoxy) is 1. The molecule has 0 fully saturated rings. The van der Waals surface area contributed by atoms with Crippen molar-refractivity contribution in [3.05, 3.63) is 11.6 Å². The number of hydrogen-bond acceptors (Lipinski definition) is 3. The topological polar surface area (TPSA) is 43.4 Å². The van der Waals surface area contributed by atoms with Gasteiger partial charge in [-0.1, -0.05) is 13.8 Å². The standard InChI is InChI=1S/C12H18O3/c1-8-5-10(15-9(2)13)6-12(3,4)7-11(8)14/h5,10H,6-7H2,1-4H3. The normalized spacial score (nSPS) is 25.5. The third kappa shape index (κ3) is 3.50. The molecule has 0 aromatic heterocycles. The van der Waals surface area contributed by atoms with Crippen LogP contribution in [-0.4, -0.2) is 17.9 Å². The Morgan fingerprint density at radius 1 is 1.53 bits per heavy atom. The molecule has 1 unspecified atom stereocenters. The van der Waals surface area contributed by atoms with Crippen molar-refractivity contribution in [3.8, 4) is 0 Å². The molecule has 0 saturated heterocycles. The number of carbonyl (C=O) groups is 2. The van der Waals surface area contributed by atoms with Gasteiger partial charge in [-0.2, -0.15) is 0 Å². The van der Waals surface area contributed by atoms with Crippen LogP contribution in [0.15, 0.2) is 11.6 Å². The van der Waals surface area contributed by atoms with Gasteiger partial charge in [-0.3, -0.25) is 9.59 Å². The van der Waals surface area contributed by atoms with Gasteiger partial charge in [0, 0.05) is 13.3 Å². The number of hydrogen-bond donors (Lipinski definition) is 0. The molecule has 0 heterocycles. The Morgan fingerprint density at radius 2 is 2.13 bits per heavy atom. The van der Waals surface area contributed by atoms with Crippen LogP contribution in [0.4, 0.5) is 0 Å². The summed E-state index contributed by atoms with van der Waals surface area (Å²) in [5.41, 5.74) is 0.595. The number of allylic oxidation sites excluding steroid dienone is 1. The zero-order valence-electron chi connectivity index (χ0n) is 9.79. The monoisotopic (exact) mass is 210 g/mol. The minimum absolute atomic E-state index is 0.106. The van der Waals surface area contributed by atoms with Crippen LogP contribution in [0.25, 0.3) is 0 Å². The van der Waals surface area contributed by atoms with Crippen molar-refractivity contribution in [2.45, 2.75) is 46.6 Å². The second-order valence-electron chi connectivity index (χ2n) is 4.97. The minimum Gasteiger partial charge on any atom is -0.458 e. The fourth-order valence-corrected chi connectivity index (χ4v) is 1.91. The molecule has 0 aromatic carbocycles. The van der Waals surface area contributed by atoms with Crippen LogP contribution < -0.4 is 0 Å². The van der Waals surface area contributed by atoms with Crippen LogP contribution in [0, 0.1) is 5.41 Å². The maximum absolute atomic E-state index is 11.7. The Kier molecular flexibility index (Phi) is 3.32. The van der Waals surface area contributed by atoms with E-state index in [0.29, 0.717) is 18.4 Å². The first-order valence-electron chi connectivity index (χ1n) is 5.19. The maximum Gasteiger partial charge on any atom is 0.303 e. The summed E-state index contributed by atoms with van der Waals surface area (Å²) >= 11 is 0. The van der Waals surface area contributed by atoms with Crippen LogP contribution in [0.3, 0.4) is 0 Å². The lowest BCUT2D eigenvalue weighted by molar-refractivity contribution is -0.145. The molecule has 0 spiro atoms. The first-order chi connectivity index (χ1) is 6.80. The summed E-state index contributed by atoms with van der Waals surface area (Å²) in [5.74, 6) is -0.149. The quantitative estimate of drug-likeness (QED) is 0.623. The van der Waals surface area contributed by atoms with Gasteiger partial charge in [0.25, 0.3) is 0 Å². The fourth-order valence-electron chi connectivity index (χ4n) is 1.91. The smallest absolute Gasteiger partial charge is 0.303 e. The van der Waals surface area contributed by atoms with Crippen molar-refractivity contribution in [1.29, 1.82) is 0 Å². The highest BCUT2D eigenvalue weighted by Crippen LogP contribution is 2.32. The molecule has 0 aliphatic heterocycles. The number of Topliss-reactive ketones (excluding diaryl/α,β-unsaturated/α-hetero) is 1. The van der Waals surface area contributed by atoms with E-state index in [0.717, 1.165) is 0 Å². The molecule has 15 heavy (non-hydrogen) atoms. The second-order valence-corrected chi connectivity index (χ2v) is 4.97. The summed E-state index contributed by atoms with van der Waals surface area (Å²) in [6.45, 7) is 7.21. The van der Waals surface area contributed by atoms with Gasteiger partial charge < -0.3 is 4.74 Å². The predicted octanol–water partition coefficient (Wildman–Crippen LogP) is 2.25. The summed E-state index contributed by atoms with van der Waals surface area (Å²) < 4.78 is 5.16. The minimum atomic E-state index is -0.297. The van der Waals surface area contributed by atoms with E-state index in [4.69, 9.17) is 4.74 Å². The Balaban J connectivity index is 2.87. The van der Waals surface area contributed by atoms with E-state index in [-0.39, 0.29) is 23.3 Å². The van der Waals surface area contributed by atoms with E-state index in [2.05, 4.69) is 0 Å². The fraction of sp³-hybridized carbons (Fsp3) is 0.667. The summed E-state index contributed by atoms with van der Waals surface area (Å²) in [6.07, 6.45) is 2.73. The highest BCUT2D eigenvalue weighted by Gasteiger charge is 2.30. The Labute approximate surface area is 90.5 Å². The number of ketones is 1. The molecule has 84 valence electrons. The third-order valence-electron chi connectivity index (χ3n) is 2.59. The molecule has 0 N–H and O–H groups in total. The third-order valence-corrected chi connectivity index (χ3v) is 2.59. The first-order valence-corrected chi connectivity index (χ1v) is 5.19. The average molecular weight is 210 g/mol. The lowest BCUT2D eigenvalue weighted by atomic mass is 9.83. The first kappa shape index (κ1) is 12.0. The summed E-state index contributed by atoms with van der Waals surface area (Å²) in [5, 5.41) is 0. The molecule has 1 atom stereocenters. The molecule has 0 amide bonds. The van der Waals surface area contributed by atoms with Gasteiger partial charge in [0.15, 0.2) is 5.78 Å². The lowest BCUT2D eigenvalue weighted by Gasteiger charge is -2.24. The van der Waals surface area contributed by atoms with Gasteiger partial charge in [-0.15, -0.1) is 0 Å². The molecule has 0 radical (unpaired) electrons. The SMILES string of the molecule is CC(=O)OC1C=C(C)C(=O)CC(C)(C)C1. The molecule has 0 aromatic rings. The highest BCUT2D eigenvalue weighted by molar-refractivity contribution is 5.95. The molecule has 1 aliphatic rings. The van der Waals surface area contributed by atoms with Gasteiger partial charge in [0.1, 0.15) is 6.10 Å². The Bertz CT molecular complexity index is 313. The van der Waals surface area contributed by atoms with Gasteiger partial charge in [0.05, 0.1) is 0 Å². The molecule has 1 aliphatic carbocycles. The van der Waals surface area contributed by atoms with Gasteiger partial charge >= 0.3 is 5.97 Å². The number of esters is 1. The van der Waals surface area contributed by atoms with Gasteiger partial charge in [-0.05, 0) is 30.4 Å². The van der Waals surface area contributed by atoms with Gasteiger partial charge in [0.2, 0.25) is 0 Å². The molecule has 3 heteroatoms. The van der Waals surface area contributed by atoms with Crippen molar-refractivity contribution < 1.29 is 14.3 Å².